The van der Waals surface area contributed by atoms with Gasteiger partial charge in [0.1, 0.15) is 17.2 Å². The van der Waals surface area contributed by atoms with Gasteiger partial charge in [-0.2, -0.15) is 0 Å². The zero-order valence-corrected chi connectivity index (χ0v) is 16.1. The molecule has 0 bridgehead atoms. The van der Waals surface area contributed by atoms with Crippen LogP contribution in [0, 0.1) is 0 Å². The van der Waals surface area contributed by atoms with Crippen LogP contribution in [-0.2, 0) is 6.54 Å². The lowest BCUT2D eigenvalue weighted by Gasteiger charge is -2.10. The zero-order valence-electron chi connectivity index (χ0n) is 16.1. The minimum atomic E-state index is -0.419. The second kappa shape index (κ2) is 9.36. The maximum atomic E-state index is 12.5. The molecule has 7 heteroatoms. The third-order valence-electron chi connectivity index (χ3n) is 4.21. The Balaban J connectivity index is 1.68. The van der Waals surface area contributed by atoms with E-state index in [2.05, 4.69) is 15.6 Å². The van der Waals surface area contributed by atoms with Gasteiger partial charge < -0.3 is 20.1 Å². The van der Waals surface area contributed by atoms with E-state index in [-0.39, 0.29) is 11.6 Å². The Morgan fingerprint density at radius 1 is 0.931 bits per heavy atom. The van der Waals surface area contributed by atoms with E-state index in [1.807, 2.05) is 24.3 Å². The van der Waals surface area contributed by atoms with Crippen molar-refractivity contribution in [3.63, 3.8) is 0 Å². The smallest absolute Gasteiger partial charge is 0.274 e. The topological polar surface area (TPSA) is 89.5 Å². The molecule has 1 heterocycles. The summed E-state index contributed by atoms with van der Waals surface area (Å²) < 4.78 is 10.4. The predicted molar refractivity (Wildman–Crippen MR) is 109 cm³/mol. The molecule has 0 radical (unpaired) electrons. The Morgan fingerprint density at radius 3 is 2.55 bits per heavy atom. The largest absolute Gasteiger partial charge is 0.497 e. The lowest BCUT2D eigenvalue weighted by molar-refractivity contribution is 0.0950. The van der Waals surface area contributed by atoms with Crippen LogP contribution in [0.25, 0.3) is 0 Å². The third-order valence-corrected chi connectivity index (χ3v) is 4.21. The number of anilines is 1. The highest BCUT2D eigenvalue weighted by atomic mass is 16.5. The number of hydrogen-bond donors (Lipinski definition) is 2. The summed E-state index contributed by atoms with van der Waals surface area (Å²) in [4.78, 5) is 29.1. The molecule has 0 saturated heterocycles. The van der Waals surface area contributed by atoms with E-state index in [9.17, 15) is 9.59 Å². The first kappa shape index (κ1) is 19.9. The van der Waals surface area contributed by atoms with Gasteiger partial charge in [-0.25, -0.2) is 0 Å². The minimum Gasteiger partial charge on any atom is -0.497 e. The molecule has 2 amide bonds. The van der Waals surface area contributed by atoms with Crippen molar-refractivity contribution < 1.29 is 19.1 Å². The van der Waals surface area contributed by atoms with Crippen molar-refractivity contribution in [3.05, 3.63) is 83.7 Å². The number of amides is 2. The Morgan fingerprint density at radius 2 is 1.76 bits per heavy atom. The number of nitrogens with one attached hydrogen (secondary N) is 2. The number of hydrogen-bond acceptors (Lipinski definition) is 5. The molecule has 0 fully saturated rings. The van der Waals surface area contributed by atoms with Gasteiger partial charge in [-0.3, -0.25) is 14.6 Å². The van der Waals surface area contributed by atoms with Crippen molar-refractivity contribution in [1.82, 2.24) is 10.3 Å². The van der Waals surface area contributed by atoms with Crippen molar-refractivity contribution in [2.45, 2.75) is 6.54 Å². The summed E-state index contributed by atoms with van der Waals surface area (Å²) in [7, 11) is 3.13. The van der Waals surface area contributed by atoms with Gasteiger partial charge in [0.2, 0.25) is 0 Å². The van der Waals surface area contributed by atoms with Crippen molar-refractivity contribution in [1.29, 1.82) is 0 Å². The van der Waals surface area contributed by atoms with Gasteiger partial charge in [0.15, 0.2) is 0 Å². The summed E-state index contributed by atoms with van der Waals surface area (Å²) in [5, 5.41) is 5.57. The quantitative estimate of drug-likeness (QED) is 0.645. The van der Waals surface area contributed by atoms with Gasteiger partial charge in [0, 0.05) is 35.6 Å². The summed E-state index contributed by atoms with van der Waals surface area (Å²) in [5.41, 5.74) is 1.90. The van der Waals surface area contributed by atoms with Gasteiger partial charge in [-0.05, 0) is 30.3 Å². The van der Waals surface area contributed by atoms with Crippen LogP contribution in [0.4, 0.5) is 5.69 Å². The number of aromatic nitrogens is 1. The summed E-state index contributed by atoms with van der Waals surface area (Å²) in [6, 6.07) is 17.4. The highest BCUT2D eigenvalue weighted by Crippen LogP contribution is 2.18. The van der Waals surface area contributed by atoms with Crippen LogP contribution < -0.4 is 20.1 Å². The molecule has 29 heavy (non-hydrogen) atoms. The van der Waals surface area contributed by atoms with Crippen LogP contribution in [-0.4, -0.2) is 31.0 Å². The summed E-state index contributed by atoms with van der Waals surface area (Å²) in [5.74, 6) is 0.590. The summed E-state index contributed by atoms with van der Waals surface area (Å²) in [6.07, 6.45) is 1.43. The van der Waals surface area contributed by atoms with Gasteiger partial charge in [0.05, 0.1) is 14.2 Å². The minimum absolute atomic E-state index is 0.137. The van der Waals surface area contributed by atoms with Crippen LogP contribution in [0.1, 0.15) is 26.4 Å². The molecule has 0 atom stereocenters. The molecule has 7 nitrogen and oxygen atoms in total. The average Bonchev–Trinajstić information content (AvgIpc) is 2.77. The zero-order chi connectivity index (χ0) is 20.6. The van der Waals surface area contributed by atoms with Crippen LogP contribution >= 0.6 is 0 Å². The number of nitrogens with zero attached hydrogens (tertiary/aromatic N) is 1. The molecule has 3 rings (SSSR count). The molecule has 1 aromatic heterocycles. The fraction of sp³-hybridized carbons (Fsp3) is 0.136. The van der Waals surface area contributed by atoms with E-state index < -0.39 is 5.91 Å². The number of carbonyl (C=O) groups excluding carboxylic acids is 2. The Bertz CT molecular complexity index is 1020. The second-order valence-corrected chi connectivity index (χ2v) is 6.11. The van der Waals surface area contributed by atoms with E-state index >= 15 is 0 Å². The number of benzene rings is 2. The van der Waals surface area contributed by atoms with Crippen molar-refractivity contribution in [3.8, 4) is 11.5 Å². The average molecular weight is 391 g/mol. The molecule has 0 unspecified atom stereocenters. The van der Waals surface area contributed by atoms with Crippen LogP contribution in [0.15, 0.2) is 66.9 Å². The summed E-state index contributed by atoms with van der Waals surface area (Å²) in [6.45, 7) is 0.302. The lowest BCUT2D eigenvalue weighted by Crippen LogP contribution is -2.24. The van der Waals surface area contributed by atoms with Crippen molar-refractivity contribution in [2.24, 2.45) is 0 Å². The van der Waals surface area contributed by atoms with Crippen molar-refractivity contribution in [2.75, 3.05) is 19.5 Å². The van der Waals surface area contributed by atoms with E-state index in [4.69, 9.17) is 9.47 Å². The Kier molecular flexibility index (Phi) is 6.42. The molecule has 0 aliphatic rings. The van der Waals surface area contributed by atoms with E-state index in [0.29, 0.717) is 29.3 Å². The molecule has 3 aromatic rings. The van der Waals surface area contributed by atoms with E-state index in [0.717, 1.165) is 5.56 Å². The highest BCUT2D eigenvalue weighted by Gasteiger charge is 2.13. The maximum absolute atomic E-state index is 12.5. The Labute approximate surface area is 168 Å². The fourth-order valence-corrected chi connectivity index (χ4v) is 2.72. The van der Waals surface area contributed by atoms with Crippen LogP contribution in [0.3, 0.4) is 0 Å². The standard InChI is InChI=1S/C22H21N3O4/c1-28-18-8-5-7-17(13-18)25-22(27)19-12-15(10-11-23-19)21(26)24-14-16-6-3-4-9-20(16)29-2/h3-13H,14H2,1-2H3,(H,24,26)(H,25,27). The highest BCUT2D eigenvalue weighted by molar-refractivity contribution is 6.04. The first-order chi connectivity index (χ1) is 14.1. The molecule has 2 N–H and O–H groups in total. The number of rotatable bonds is 7. The maximum Gasteiger partial charge on any atom is 0.274 e. The van der Waals surface area contributed by atoms with Crippen molar-refractivity contribution >= 4 is 17.5 Å². The van der Waals surface area contributed by atoms with E-state index in [1.165, 1.54) is 12.3 Å². The number of ether oxygens (including phenoxy) is 2. The van der Waals surface area contributed by atoms with Crippen LogP contribution in [0.5, 0.6) is 11.5 Å². The molecular formula is C22H21N3O4. The number of para-hydroxylation sites is 1. The molecule has 148 valence electrons. The molecular weight excluding hydrogens is 370 g/mol. The predicted octanol–water partition coefficient (Wildman–Crippen LogP) is 3.28. The molecule has 0 aliphatic carbocycles. The molecule has 0 spiro atoms. The van der Waals surface area contributed by atoms with Gasteiger partial charge in [0.25, 0.3) is 11.8 Å². The first-order valence-electron chi connectivity index (χ1n) is 8.92. The fourth-order valence-electron chi connectivity index (χ4n) is 2.72. The van der Waals surface area contributed by atoms with Gasteiger partial charge >= 0.3 is 0 Å². The summed E-state index contributed by atoms with van der Waals surface area (Å²) >= 11 is 0. The van der Waals surface area contributed by atoms with Gasteiger partial charge in [-0.15, -0.1) is 0 Å². The lowest BCUT2D eigenvalue weighted by atomic mass is 10.1. The third kappa shape index (κ3) is 5.10. The van der Waals surface area contributed by atoms with Crippen LogP contribution in [0.2, 0.25) is 0 Å². The molecule has 0 saturated carbocycles. The molecule has 2 aromatic carbocycles. The first-order valence-corrected chi connectivity index (χ1v) is 8.92. The van der Waals surface area contributed by atoms with E-state index in [1.54, 1.807) is 44.6 Å². The Hall–Kier alpha value is -3.87. The number of carbonyl (C=O) groups is 2. The monoisotopic (exact) mass is 391 g/mol. The van der Waals surface area contributed by atoms with Gasteiger partial charge in [-0.1, -0.05) is 24.3 Å². The molecule has 0 aliphatic heterocycles. The number of methoxy groups -OCH3 is 2. The number of pyridine rings is 1. The second-order valence-electron chi connectivity index (χ2n) is 6.11. The normalized spacial score (nSPS) is 10.1. The SMILES string of the molecule is COc1cccc(NC(=O)c2cc(C(=O)NCc3ccccc3OC)ccn2)c1.